The first kappa shape index (κ1) is 16.5. The SMILES string of the molecule is CC(C)OCCCNC(=O)N1CCN(c2cnccn2)CC1. The van der Waals surface area contributed by atoms with E-state index in [-0.39, 0.29) is 12.1 Å². The van der Waals surface area contributed by atoms with Gasteiger partial charge in [0.15, 0.2) is 0 Å². The molecule has 0 unspecified atom stereocenters. The average molecular weight is 307 g/mol. The minimum absolute atomic E-state index is 0.00310. The minimum Gasteiger partial charge on any atom is -0.379 e. The molecule has 1 N–H and O–H groups in total. The second-order valence-corrected chi connectivity index (χ2v) is 5.54. The Morgan fingerprint density at radius 3 is 2.73 bits per heavy atom. The van der Waals surface area contributed by atoms with Gasteiger partial charge >= 0.3 is 6.03 Å². The van der Waals surface area contributed by atoms with Gasteiger partial charge in [-0.2, -0.15) is 0 Å². The number of anilines is 1. The number of amides is 2. The zero-order valence-electron chi connectivity index (χ0n) is 13.4. The lowest BCUT2D eigenvalue weighted by Gasteiger charge is -2.35. The number of carbonyl (C=O) groups excluding carboxylic acids is 1. The van der Waals surface area contributed by atoms with E-state index in [0.29, 0.717) is 26.2 Å². The molecule has 2 rings (SSSR count). The fraction of sp³-hybridized carbons (Fsp3) is 0.667. The number of nitrogens with zero attached hydrogens (tertiary/aromatic N) is 4. The molecule has 0 aromatic carbocycles. The molecule has 7 heteroatoms. The van der Waals surface area contributed by atoms with Crippen LogP contribution in [0, 0.1) is 0 Å². The monoisotopic (exact) mass is 307 g/mol. The molecule has 1 aromatic rings. The minimum atomic E-state index is 0.00310. The smallest absolute Gasteiger partial charge is 0.317 e. The quantitative estimate of drug-likeness (QED) is 0.798. The van der Waals surface area contributed by atoms with E-state index < -0.39 is 0 Å². The van der Waals surface area contributed by atoms with Crippen LogP contribution < -0.4 is 10.2 Å². The van der Waals surface area contributed by atoms with E-state index in [2.05, 4.69) is 20.2 Å². The van der Waals surface area contributed by atoms with Gasteiger partial charge in [-0.3, -0.25) is 4.98 Å². The van der Waals surface area contributed by atoms with Gasteiger partial charge in [-0.1, -0.05) is 0 Å². The molecule has 0 atom stereocenters. The van der Waals surface area contributed by atoms with Gasteiger partial charge in [0.25, 0.3) is 0 Å². The highest BCUT2D eigenvalue weighted by Gasteiger charge is 2.21. The number of carbonyl (C=O) groups is 1. The molecule has 0 saturated carbocycles. The van der Waals surface area contributed by atoms with Crippen molar-refractivity contribution < 1.29 is 9.53 Å². The summed E-state index contributed by atoms with van der Waals surface area (Å²) in [6.45, 7) is 8.31. The third-order valence-corrected chi connectivity index (χ3v) is 3.49. The summed E-state index contributed by atoms with van der Waals surface area (Å²) in [6.07, 6.45) is 6.18. The third kappa shape index (κ3) is 5.14. The summed E-state index contributed by atoms with van der Waals surface area (Å²) in [5, 5.41) is 2.94. The van der Waals surface area contributed by atoms with Crippen molar-refractivity contribution in [1.29, 1.82) is 0 Å². The van der Waals surface area contributed by atoms with E-state index in [1.54, 1.807) is 18.6 Å². The topological polar surface area (TPSA) is 70.6 Å². The molecular weight excluding hydrogens is 282 g/mol. The van der Waals surface area contributed by atoms with E-state index in [4.69, 9.17) is 4.74 Å². The van der Waals surface area contributed by atoms with Gasteiger partial charge in [0.1, 0.15) is 5.82 Å². The van der Waals surface area contributed by atoms with E-state index in [9.17, 15) is 4.79 Å². The van der Waals surface area contributed by atoms with Crippen LogP contribution in [0.25, 0.3) is 0 Å². The lowest BCUT2D eigenvalue weighted by molar-refractivity contribution is 0.0771. The maximum Gasteiger partial charge on any atom is 0.317 e. The standard InChI is InChI=1S/C15H25N5O2/c1-13(2)22-11-3-4-18-15(21)20-9-7-19(8-10-20)14-12-16-5-6-17-14/h5-6,12-13H,3-4,7-11H2,1-2H3,(H,18,21). The first-order chi connectivity index (χ1) is 10.7. The van der Waals surface area contributed by atoms with Crippen molar-refractivity contribution in [2.45, 2.75) is 26.4 Å². The van der Waals surface area contributed by atoms with Crippen molar-refractivity contribution in [3.05, 3.63) is 18.6 Å². The van der Waals surface area contributed by atoms with Crippen LogP contribution >= 0.6 is 0 Å². The van der Waals surface area contributed by atoms with E-state index in [1.165, 1.54) is 0 Å². The largest absolute Gasteiger partial charge is 0.379 e. The van der Waals surface area contributed by atoms with E-state index in [1.807, 2.05) is 18.7 Å². The molecule has 1 fully saturated rings. The van der Waals surface area contributed by atoms with Crippen molar-refractivity contribution in [2.24, 2.45) is 0 Å². The summed E-state index contributed by atoms with van der Waals surface area (Å²) < 4.78 is 5.45. The highest BCUT2D eigenvalue weighted by atomic mass is 16.5. The van der Waals surface area contributed by atoms with Crippen molar-refractivity contribution >= 4 is 11.8 Å². The fourth-order valence-corrected chi connectivity index (χ4v) is 2.29. The van der Waals surface area contributed by atoms with Crippen LogP contribution in [0.3, 0.4) is 0 Å². The number of urea groups is 1. The molecule has 0 spiro atoms. The third-order valence-electron chi connectivity index (χ3n) is 3.49. The van der Waals surface area contributed by atoms with Crippen molar-refractivity contribution in [1.82, 2.24) is 20.2 Å². The predicted molar refractivity (Wildman–Crippen MR) is 84.9 cm³/mol. The molecule has 7 nitrogen and oxygen atoms in total. The normalized spacial score (nSPS) is 15.2. The summed E-state index contributed by atoms with van der Waals surface area (Å²) in [7, 11) is 0. The molecule has 1 saturated heterocycles. The number of rotatable bonds is 6. The molecule has 0 bridgehead atoms. The number of hydrogen-bond acceptors (Lipinski definition) is 5. The molecule has 1 aliphatic rings. The average Bonchev–Trinajstić information content (AvgIpc) is 2.55. The first-order valence-corrected chi connectivity index (χ1v) is 7.82. The first-order valence-electron chi connectivity index (χ1n) is 7.82. The molecule has 2 amide bonds. The molecular formula is C15H25N5O2. The zero-order valence-corrected chi connectivity index (χ0v) is 13.4. The van der Waals surface area contributed by atoms with Crippen LogP contribution in [0.2, 0.25) is 0 Å². The second-order valence-electron chi connectivity index (χ2n) is 5.54. The maximum absolute atomic E-state index is 12.1. The molecule has 1 aliphatic heterocycles. The van der Waals surface area contributed by atoms with Crippen LogP contribution in [-0.2, 0) is 4.74 Å². The van der Waals surface area contributed by atoms with Crippen LogP contribution in [-0.4, -0.2) is 66.3 Å². The van der Waals surface area contributed by atoms with Gasteiger partial charge in [0.05, 0.1) is 12.3 Å². The Bertz CT molecular complexity index is 447. The van der Waals surface area contributed by atoms with Crippen molar-refractivity contribution in [3.8, 4) is 0 Å². The summed E-state index contributed by atoms with van der Waals surface area (Å²) in [4.78, 5) is 24.4. The summed E-state index contributed by atoms with van der Waals surface area (Å²) >= 11 is 0. The maximum atomic E-state index is 12.1. The Morgan fingerprint density at radius 2 is 2.09 bits per heavy atom. The number of piperazine rings is 1. The number of aromatic nitrogens is 2. The Hall–Kier alpha value is -1.89. The number of nitrogens with one attached hydrogen (secondary N) is 1. The van der Waals surface area contributed by atoms with Gasteiger partial charge in [0, 0.05) is 51.7 Å². The van der Waals surface area contributed by atoms with Gasteiger partial charge < -0.3 is 19.9 Å². The molecule has 22 heavy (non-hydrogen) atoms. The Balaban J connectivity index is 1.65. The molecule has 2 heterocycles. The van der Waals surface area contributed by atoms with Gasteiger partial charge in [-0.15, -0.1) is 0 Å². The van der Waals surface area contributed by atoms with Gasteiger partial charge in [0.2, 0.25) is 0 Å². The van der Waals surface area contributed by atoms with Crippen LogP contribution in [0.1, 0.15) is 20.3 Å². The van der Waals surface area contributed by atoms with Crippen molar-refractivity contribution in [3.63, 3.8) is 0 Å². The van der Waals surface area contributed by atoms with Crippen molar-refractivity contribution in [2.75, 3.05) is 44.2 Å². The highest BCUT2D eigenvalue weighted by Crippen LogP contribution is 2.11. The van der Waals surface area contributed by atoms with E-state index >= 15 is 0 Å². The molecule has 0 radical (unpaired) electrons. The lowest BCUT2D eigenvalue weighted by atomic mass is 10.3. The van der Waals surface area contributed by atoms with E-state index in [0.717, 1.165) is 25.3 Å². The van der Waals surface area contributed by atoms with Crippen LogP contribution in [0.15, 0.2) is 18.6 Å². The molecule has 122 valence electrons. The second kappa shape index (κ2) is 8.53. The number of ether oxygens (including phenoxy) is 1. The van der Waals surface area contributed by atoms with Crippen LogP contribution in [0.5, 0.6) is 0 Å². The number of hydrogen-bond donors (Lipinski definition) is 1. The molecule has 0 aliphatic carbocycles. The summed E-state index contributed by atoms with van der Waals surface area (Å²) in [5.74, 6) is 0.869. The highest BCUT2D eigenvalue weighted by molar-refractivity contribution is 5.74. The Kier molecular flexibility index (Phi) is 6.39. The summed E-state index contributed by atoms with van der Waals surface area (Å²) in [5.41, 5.74) is 0. The van der Waals surface area contributed by atoms with Gasteiger partial charge in [-0.05, 0) is 20.3 Å². The van der Waals surface area contributed by atoms with Crippen LogP contribution in [0.4, 0.5) is 10.6 Å². The zero-order chi connectivity index (χ0) is 15.8. The Morgan fingerprint density at radius 1 is 1.32 bits per heavy atom. The Labute approximate surface area is 131 Å². The molecule has 1 aromatic heterocycles. The summed E-state index contributed by atoms with van der Waals surface area (Å²) in [6, 6.07) is 0.00310. The fourth-order valence-electron chi connectivity index (χ4n) is 2.29. The van der Waals surface area contributed by atoms with Gasteiger partial charge in [-0.25, -0.2) is 9.78 Å². The lowest BCUT2D eigenvalue weighted by Crippen LogP contribution is -2.52. The predicted octanol–water partition coefficient (Wildman–Crippen LogP) is 1.12.